The zero-order valence-electron chi connectivity index (χ0n) is 9.06. The average Bonchev–Trinajstić information content (AvgIpc) is 2.26. The summed E-state index contributed by atoms with van der Waals surface area (Å²) in [5.74, 6) is 0. The van der Waals surface area contributed by atoms with E-state index in [-0.39, 0.29) is 0 Å². The van der Waals surface area contributed by atoms with Crippen LogP contribution < -0.4 is 4.90 Å². The minimum absolute atomic E-state index is 0.696. The standard InChI is InChI=1S/C11H13N3S/c1-9-4-6-10(7-5-9)14(2)11(15-3)13-8-12/h4-7H,1-3H3. The van der Waals surface area contributed by atoms with Crippen LogP contribution in [-0.4, -0.2) is 18.5 Å². The Balaban J connectivity index is 2.94. The van der Waals surface area contributed by atoms with Crippen molar-refractivity contribution < 1.29 is 0 Å². The monoisotopic (exact) mass is 219 g/mol. The van der Waals surface area contributed by atoms with E-state index >= 15 is 0 Å². The Morgan fingerprint density at radius 2 is 2.00 bits per heavy atom. The van der Waals surface area contributed by atoms with Gasteiger partial charge < -0.3 is 4.90 Å². The first-order valence-corrected chi connectivity index (χ1v) is 5.72. The lowest BCUT2D eigenvalue weighted by atomic mass is 10.2. The van der Waals surface area contributed by atoms with Crippen LogP contribution in [0.5, 0.6) is 0 Å². The Morgan fingerprint density at radius 3 is 2.47 bits per heavy atom. The molecule has 0 aliphatic heterocycles. The Kier molecular flexibility index (Phi) is 4.19. The molecule has 15 heavy (non-hydrogen) atoms. The molecular weight excluding hydrogens is 206 g/mol. The molecule has 1 rings (SSSR count). The first kappa shape index (κ1) is 11.6. The van der Waals surface area contributed by atoms with Crippen LogP contribution in [0.25, 0.3) is 0 Å². The third-order valence-electron chi connectivity index (χ3n) is 2.04. The van der Waals surface area contributed by atoms with E-state index in [0.717, 1.165) is 5.69 Å². The molecule has 0 aromatic heterocycles. The smallest absolute Gasteiger partial charge is 0.208 e. The van der Waals surface area contributed by atoms with Gasteiger partial charge in [0.25, 0.3) is 0 Å². The number of amidine groups is 1. The van der Waals surface area contributed by atoms with E-state index in [0.29, 0.717) is 5.17 Å². The van der Waals surface area contributed by atoms with Gasteiger partial charge in [-0.2, -0.15) is 5.26 Å². The van der Waals surface area contributed by atoms with Gasteiger partial charge in [0.1, 0.15) is 0 Å². The van der Waals surface area contributed by atoms with E-state index in [4.69, 9.17) is 5.26 Å². The predicted molar refractivity (Wildman–Crippen MR) is 66.1 cm³/mol. The summed E-state index contributed by atoms with van der Waals surface area (Å²) in [4.78, 5) is 5.65. The summed E-state index contributed by atoms with van der Waals surface area (Å²) in [5.41, 5.74) is 2.25. The lowest BCUT2D eigenvalue weighted by Crippen LogP contribution is -2.22. The number of benzene rings is 1. The van der Waals surface area contributed by atoms with Crippen molar-refractivity contribution in [2.75, 3.05) is 18.2 Å². The molecule has 78 valence electrons. The summed E-state index contributed by atoms with van der Waals surface area (Å²) in [6.07, 6.45) is 3.71. The number of nitriles is 1. The van der Waals surface area contributed by atoms with E-state index in [1.165, 1.54) is 17.3 Å². The molecule has 4 heteroatoms. The molecule has 0 bridgehead atoms. The highest BCUT2D eigenvalue weighted by atomic mass is 32.2. The third-order valence-corrected chi connectivity index (χ3v) is 2.77. The van der Waals surface area contributed by atoms with Crippen LogP contribution in [0, 0.1) is 18.4 Å². The second kappa shape index (κ2) is 5.42. The highest BCUT2D eigenvalue weighted by Crippen LogP contribution is 2.17. The zero-order chi connectivity index (χ0) is 11.3. The van der Waals surface area contributed by atoms with E-state index in [1.807, 2.05) is 49.4 Å². The fourth-order valence-corrected chi connectivity index (χ4v) is 1.69. The van der Waals surface area contributed by atoms with Crippen molar-refractivity contribution in [2.45, 2.75) is 6.92 Å². The summed E-state index contributed by atoms with van der Waals surface area (Å²) in [7, 11) is 1.90. The number of thioether (sulfide) groups is 1. The molecule has 0 atom stereocenters. The Bertz CT molecular complexity index is 389. The van der Waals surface area contributed by atoms with Crippen molar-refractivity contribution in [1.82, 2.24) is 0 Å². The molecule has 0 amide bonds. The highest BCUT2D eigenvalue weighted by Gasteiger charge is 2.06. The molecule has 0 radical (unpaired) electrons. The highest BCUT2D eigenvalue weighted by molar-refractivity contribution is 8.13. The Labute approximate surface area is 94.4 Å². The lowest BCUT2D eigenvalue weighted by Gasteiger charge is -2.18. The fourth-order valence-electron chi connectivity index (χ4n) is 1.18. The lowest BCUT2D eigenvalue weighted by molar-refractivity contribution is 1.27. The molecule has 1 aromatic rings. The van der Waals surface area contributed by atoms with Crippen molar-refractivity contribution in [1.29, 1.82) is 5.26 Å². The van der Waals surface area contributed by atoms with Gasteiger partial charge in [-0.1, -0.05) is 29.5 Å². The maximum atomic E-state index is 8.53. The van der Waals surface area contributed by atoms with Gasteiger partial charge in [-0.15, -0.1) is 4.99 Å². The molecular formula is C11H13N3S. The Morgan fingerprint density at radius 1 is 1.40 bits per heavy atom. The van der Waals surface area contributed by atoms with Crippen molar-refractivity contribution in [3.63, 3.8) is 0 Å². The minimum atomic E-state index is 0.696. The van der Waals surface area contributed by atoms with Crippen molar-refractivity contribution in [3.05, 3.63) is 29.8 Å². The molecule has 0 unspecified atom stereocenters. The first-order valence-electron chi connectivity index (χ1n) is 4.50. The molecule has 0 heterocycles. The molecule has 0 saturated heterocycles. The number of aryl methyl sites for hydroxylation is 1. The molecule has 3 nitrogen and oxygen atoms in total. The zero-order valence-corrected chi connectivity index (χ0v) is 9.88. The molecule has 0 N–H and O–H groups in total. The summed E-state index contributed by atoms with van der Waals surface area (Å²) < 4.78 is 0. The van der Waals surface area contributed by atoms with Crippen LogP contribution >= 0.6 is 11.8 Å². The van der Waals surface area contributed by atoms with Crippen molar-refractivity contribution in [3.8, 4) is 6.19 Å². The van der Waals surface area contributed by atoms with Crippen molar-refractivity contribution >= 4 is 22.6 Å². The van der Waals surface area contributed by atoms with E-state index in [2.05, 4.69) is 4.99 Å². The summed E-state index contributed by atoms with van der Waals surface area (Å²) in [6.45, 7) is 2.04. The largest absolute Gasteiger partial charge is 0.323 e. The van der Waals surface area contributed by atoms with Crippen LogP contribution in [0.1, 0.15) is 5.56 Å². The second-order valence-electron chi connectivity index (χ2n) is 3.09. The number of nitrogens with zero attached hydrogens (tertiary/aromatic N) is 3. The van der Waals surface area contributed by atoms with Crippen LogP contribution in [-0.2, 0) is 0 Å². The van der Waals surface area contributed by atoms with Crippen LogP contribution in [0.15, 0.2) is 29.3 Å². The molecule has 0 fully saturated rings. The van der Waals surface area contributed by atoms with E-state index in [1.54, 1.807) is 6.19 Å². The molecule has 0 aliphatic carbocycles. The van der Waals surface area contributed by atoms with Gasteiger partial charge in [0.15, 0.2) is 5.17 Å². The second-order valence-corrected chi connectivity index (χ2v) is 3.87. The predicted octanol–water partition coefficient (Wildman–Crippen LogP) is 2.63. The maximum absolute atomic E-state index is 8.53. The van der Waals surface area contributed by atoms with Gasteiger partial charge in [0, 0.05) is 12.7 Å². The quantitative estimate of drug-likeness (QED) is 0.414. The van der Waals surface area contributed by atoms with E-state index in [9.17, 15) is 0 Å². The van der Waals surface area contributed by atoms with Crippen molar-refractivity contribution in [2.24, 2.45) is 4.99 Å². The van der Waals surface area contributed by atoms with E-state index < -0.39 is 0 Å². The normalized spacial score (nSPS) is 10.9. The van der Waals surface area contributed by atoms with Gasteiger partial charge >= 0.3 is 0 Å². The SMILES string of the molecule is CSC(=NC#N)N(C)c1ccc(C)cc1. The molecule has 0 aliphatic rings. The number of hydrogen-bond acceptors (Lipinski definition) is 3. The van der Waals surface area contributed by atoms with Crippen LogP contribution in [0.2, 0.25) is 0 Å². The van der Waals surface area contributed by atoms with Crippen LogP contribution in [0.3, 0.4) is 0 Å². The average molecular weight is 219 g/mol. The summed E-state index contributed by atoms with van der Waals surface area (Å²) in [6, 6.07) is 8.10. The first-order chi connectivity index (χ1) is 7.19. The van der Waals surface area contributed by atoms with Gasteiger partial charge in [-0.05, 0) is 25.3 Å². The minimum Gasteiger partial charge on any atom is -0.323 e. The number of anilines is 1. The number of aliphatic imine (C=N–C) groups is 1. The van der Waals surface area contributed by atoms with Gasteiger partial charge in [0.05, 0.1) is 0 Å². The molecule has 1 aromatic carbocycles. The number of hydrogen-bond donors (Lipinski definition) is 0. The number of rotatable bonds is 1. The molecule has 0 saturated carbocycles. The molecule has 0 spiro atoms. The van der Waals surface area contributed by atoms with Gasteiger partial charge in [-0.3, -0.25) is 0 Å². The van der Waals surface area contributed by atoms with Gasteiger partial charge in [0.2, 0.25) is 6.19 Å². The topological polar surface area (TPSA) is 39.4 Å². The van der Waals surface area contributed by atoms with Crippen LogP contribution in [0.4, 0.5) is 5.69 Å². The summed E-state index contributed by atoms with van der Waals surface area (Å²) >= 11 is 1.46. The fraction of sp³-hybridized carbons (Fsp3) is 0.273. The summed E-state index contributed by atoms with van der Waals surface area (Å²) in [5, 5.41) is 9.23. The Hall–Kier alpha value is -1.47. The van der Waals surface area contributed by atoms with Gasteiger partial charge in [-0.25, -0.2) is 0 Å². The maximum Gasteiger partial charge on any atom is 0.208 e. The third kappa shape index (κ3) is 3.00.